The third-order valence-electron chi connectivity index (χ3n) is 3.47. The first kappa shape index (κ1) is 16.5. The average Bonchev–Trinajstić information content (AvgIpc) is 2.58. The molecule has 0 bridgehead atoms. The number of rotatable bonds is 4. The molecule has 0 atom stereocenters. The van der Waals surface area contributed by atoms with Crippen molar-refractivity contribution >= 4 is 23.6 Å². The minimum Gasteiger partial charge on any atom is -0.465 e. The van der Waals surface area contributed by atoms with E-state index in [1.54, 1.807) is 42.3 Å². The molecule has 0 aliphatic heterocycles. The van der Waals surface area contributed by atoms with Crippen LogP contribution >= 0.6 is 0 Å². The molecule has 4 heteroatoms. The summed E-state index contributed by atoms with van der Waals surface area (Å²) in [5, 5.41) is 0. The summed E-state index contributed by atoms with van der Waals surface area (Å²) in [5.74, 6) is -0.497. The quantitative estimate of drug-likeness (QED) is 0.642. The van der Waals surface area contributed by atoms with Crippen molar-refractivity contribution in [2.45, 2.75) is 6.92 Å². The number of anilines is 1. The summed E-state index contributed by atoms with van der Waals surface area (Å²) in [4.78, 5) is 25.2. The normalized spacial score (nSPS) is 10.6. The summed E-state index contributed by atoms with van der Waals surface area (Å²) in [5.41, 5.74) is 3.27. The van der Waals surface area contributed by atoms with Crippen molar-refractivity contribution in [3.05, 3.63) is 71.3 Å². The molecule has 2 aromatic carbocycles. The first-order valence-corrected chi connectivity index (χ1v) is 7.22. The summed E-state index contributed by atoms with van der Waals surface area (Å²) in [6.45, 7) is 1.99. The van der Waals surface area contributed by atoms with Gasteiger partial charge in [0, 0.05) is 18.8 Å². The van der Waals surface area contributed by atoms with Crippen LogP contribution in [-0.2, 0) is 9.53 Å². The number of esters is 1. The molecule has 4 nitrogen and oxygen atoms in total. The highest BCUT2D eigenvalue weighted by molar-refractivity contribution is 6.03. The van der Waals surface area contributed by atoms with Crippen molar-refractivity contribution in [1.82, 2.24) is 0 Å². The van der Waals surface area contributed by atoms with Crippen LogP contribution in [0.5, 0.6) is 0 Å². The van der Waals surface area contributed by atoms with Crippen molar-refractivity contribution in [3.8, 4) is 0 Å². The van der Waals surface area contributed by atoms with E-state index in [0.717, 1.165) is 16.8 Å². The number of amides is 1. The second-order valence-corrected chi connectivity index (χ2v) is 5.18. The number of ether oxygens (including phenoxy) is 1. The van der Waals surface area contributed by atoms with E-state index in [0.29, 0.717) is 5.56 Å². The van der Waals surface area contributed by atoms with Crippen molar-refractivity contribution < 1.29 is 14.3 Å². The molecule has 0 heterocycles. The molecule has 0 saturated carbocycles. The van der Waals surface area contributed by atoms with Gasteiger partial charge in [0.2, 0.25) is 0 Å². The van der Waals surface area contributed by atoms with Gasteiger partial charge in [-0.15, -0.1) is 0 Å². The van der Waals surface area contributed by atoms with Crippen LogP contribution in [0.15, 0.2) is 54.6 Å². The zero-order valence-corrected chi connectivity index (χ0v) is 13.4. The fraction of sp³-hybridized carbons (Fsp3) is 0.158. The minimum absolute atomic E-state index is 0.118. The number of carbonyl (C=O) groups excluding carboxylic acids is 2. The Bertz CT molecular complexity index is 733. The number of hydrogen-bond acceptors (Lipinski definition) is 3. The zero-order valence-electron chi connectivity index (χ0n) is 13.4. The standard InChI is InChI=1S/C19H19NO3/c1-14-5-4-6-17(13-14)20(2)18(21)12-9-15-7-10-16(11-8-15)19(22)23-3/h4-13H,1-3H3/b12-9+. The van der Waals surface area contributed by atoms with E-state index in [2.05, 4.69) is 4.74 Å². The molecule has 0 radical (unpaired) electrons. The van der Waals surface area contributed by atoms with E-state index in [1.807, 2.05) is 31.2 Å². The summed E-state index contributed by atoms with van der Waals surface area (Å²) in [7, 11) is 3.08. The molecule has 1 amide bonds. The van der Waals surface area contributed by atoms with Gasteiger partial charge in [-0.1, -0.05) is 24.3 Å². The molecule has 23 heavy (non-hydrogen) atoms. The minimum atomic E-state index is -0.379. The fourth-order valence-electron chi connectivity index (χ4n) is 2.09. The van der Waals surface area contributed by atoms with Crippen LogP contribution in [0.25, 0.3) is 6.08 Å². The lowest BCUT2D eigenvalue weighted by Crippen LogP contribution is -2.23. The van der Waals surface area contributed by atoms with E-state index in [-0.39, 0.29) is 11.9 Å². The molecule has 0 fully saturated rings. The molecule has 0 unspecified atom stereocenters. The van der Waals surface area contributed by atoms with Crippen LogP contribution in [0.2, 0.25) is 0 Å². The first-order valence-electron chi connectivity index (χ1n) is 7.22. The van der Waals surface area contributed by atoms with Gasteiger partial charge in [-0.2, -0.15) is 0 Å². The van der Waals surface area contributed by atoms with Gasteiger partial charge in [-0.25, -0.2) is 4.79 Å². The second-order valence-electron chi connectivity index (χ2n) is 5.18. The van der Waals surface area contributed by atoms with Gasteiger partial charge in [0.05, 0.1) is 12.7 Å². The lowest BCUT2D eigenvalue weighted by atomic mass is 10.1. The maximum atomic E-state index is 12.2. The average molecular weight is 309 g/mol. The van der Waals surface area contributed by atoms with E-state index in [1.165, 1.54) is 13.2 Å². The Morgan fingerprint density at radius 3 is 2.39 bits per heavy atom. The third-order valence-corrected chi connectivity index (χ3v) is 3.47. The SMILES string of the molecule is COC(=O)c1ccc(/C=C/C(=O)N(C)c2cccc(C)c2)cc1. The van der Waals surface area contributed by atoms with Gasteiger partial charge in [-0.05, 0) is 48.4 Å². The smallest absolute Gasteiger partial charge is 0.337 e. The van der Waals surface area contributed by atoms with Crippen LogP contribution < -0.4 is 4.90 Å². The van der Waals surface area contributed by atoms with E-state index >= 15 is 0 Å². The number of methoxy groups -OCH3 is 1. The summed E-state index contributed by atoms with van der Waals surface area (Å²) in [6.07, 6.45) is 3.23. The molecule has 0 N–H and O–H groups in total. The van der Waals surface area contributed by atoms with Crippen molar-refractivity contribution in [2.75, 3.05) is 19.1 Å². The van der Waals surface area contributed by atoms with Gasteiger partial charge < -0.3 is 9.64 Å². The van der Waals surface area contributed by atoms with Crippen LogP contribution in [0, 0.1) is 6.92 Å². The van der Waals surface area contributed by atoms with Gasteiger partial charge in [0.15, 0.2) is 0 Å². The second kappa shape index (κ2) is 7.40. The fourth-order valence-corrected chi connectivity index (χ4v) is 2.09. The van der Waals surface area contributed by atoms with E-state index in [4.69, 9.17) is 0 Å². The molecular weight excluding hydrogens is 290 g/mol. The summed E-state index contributed by atoms with van der Waals surface area (Å²) >= 11 is 0. The lowest BCUT2D eigenvalue weighted by molar-refractivity contribution is -0.113. The molecule has 118 valence electrons. The maximum Gasteiger partial charge on any atom is 0.337 e. The number of aryl methyl sites for hydroxylation is 1. The van der Waals surface area contributed by atoms with Crippen LogP contribution in [0.3, 0.4) is 0 Å². The predicted molar refractivity (Wildman–Crippen MR) is 91.4 cm³/mol. The summed E-state index contributed by atoms with van der Waals surface area (Å²) < 4.78 is 4.65. The van der Waals surface area contributed by atoms with E-state index in [9.17, 15) is 9.59 Å². The Balaban J connectivity index is 2.07. The van der Waals surface area contributed by atoms with E-state index < -0.39 is 0 Å². The number of nitrogens with zero attached hydrogens (tertiary/aromatic N) is 1. The highest BCUT2D eigenvalue weighted by Crippen LogP contribution is 2.15. The van der Waals surface area contributed by atoms with Crippen molar-refractivity contribution in [3.63, 3.8) is 0 Å². The first-order chi connectivity index (χ1) is 11.0. The van der Waals surface area contributed by atoms with Crippen LogP contribution in [0.4, 0.5) is 5.69 Å². The number of likely N-dealkylation sites (N-methyl/N-ethyl adjacent to an activating group) is 1. The van der Waals surface area contributed by atoms with Gasteiger partial charge in [0.25, 0.3) is 5.91 Å². The number of benzene rings is 2. The highest BCUT2D eigenvalue weighted by atomic mass is 16.5. The van der Waals surface area contributed by atoms with Gasteiger partial charge in [-0.3, -0.25) is 4.79 Å². The van der Waals surface area contributed by atoms with Crippen LogP contribution in [0.1, 0.15) is 21.5 Å². The van der Waals surface area contributed by atoms with Crippen molar-refractivity contribution in [2.24, 2.45) is 0 Å². The Kier molecular flexibility index (Phi) is 5.31. The predicted octanol–water partition coefficient (Wildman–Crippen LogP) is 3.46. The molecule has 0 saturated heterocycles. The maximum absolute atomic E-state index is 12.2. The Morgan fingerprint density at radius 1 is 1.09 bits per heavy atom. The monoisotopic (exact) mass is 309 g/mol. The third kappa shape index (κ3) is 4.30. The highest BCUT2D eigenvalue weighted by Gasteiger charge is 2.08. The molecular formula is C19H19NO3. The zero-order chi connectivity index (χ0) is 16.8. The number of hydrogen-bond donors (Lipinski definition) is 0. The van der Waals surface area contributed by atoms with Gasteiger partial charge in [0.1, 0.15) is 0 Å². The molecule has 2 rings (SSSR count). The molecule has 0 spiro atoms. The topological polar surface area (TPSA) is 46.6 Å². The lowest BCUT2D eigenvalue weighted by Gasteiger charge is -2.15. The molecule has 0 aliphatic rings. The molecule has 2 aromatic rings. The number of carbonyl (C=O) groups is 2. The summed E-state index contributed by atoms with van der Waals surface area (Å²) in [6, 6.07) is 14.6. The van der Waals surface area contributed by atoms with Crippen molar-refractivity contribution in [1.29, 1.82) is 0 Å². The largest absolute Gasteiger partial charge is 0.465 e. The Hall–Kier alpha value is -2.88. The Labute approximate surface area is 136 Å². The van der Waals surface area contributed by atoms with Crippen LogP contribution in [-0.4, -0.2) is 26.0 Å². The van der Waals surface area contributed by atoms with Gasteiger partial charge >= 0.3 is 5.97 Å². The Morgan fingerprint density at radius 2 is 1.78 bits per heavy atom. The molecule has 0 aliphatic carbocycles. The molecule has 0 aromatic heterocycles.